The maximum absolute atomic E-state index is 12.9. The van der Waals surface area contributed by atoms with Crippen LogP contribution in [0.25, 0.3) is 27.1 Å². The monoisotopic (exact) mass is 408 g/mol. The van der Waals surface area contributed by atoms with E-state index in [9.17, 15) is 4.79 Å². The van der Waals surface area contributed by atoms with Crippen LogP contribution in [0.15, 0.2) is 54.6 Å². The van der Waals surface area contributed by atoms with Gasteiger partial charge in [-0.05, 0) is 25.1 Å². The van der Waals surface area contributed by atoms with Gasteiger partial charge in [-0.2, -0.15) is 0 Å². The largest absolute Gasteiger partial charge is 0.374 e. The summed E-state index contributed by atoms with van der Waals surface area (Å²) in [5, 5.41) is 7.51. The first-order valence-electron chi connectivity index (χ1n) is 8.65. The van der Waals surface area contributed by atoms with Crippen molar-refractivity contribution in [1.29, 1.82) is 0 Å². The predicted molar refractivity (Wildman–Crippen MR) is 112 cm³/mol. The zero-order valence-electron chi connectivity index (χ0n) is 14.8. The Hall–Kier alpha value is -3.16. The Morgan fingerprint density at radius 3 is 2.79 bits per heavy atom. The van der Waals surface area contributed by atoms with Crippen LogP contribution in [0.2, 0.25) is 5.02 Å². The van der Waals surface area contributed by atoms with Crippen LogP contribution in [-0.2, 0) is 0 Å². The summed E-state index contributed by atoms with van der Waals surface area (Å²) in [6.07, 6.45) is 0. The van der Waals surface area contributed by atoms with Gasteiger partial charge in [0, 0.05) is 21.8 Å². The summed E-state index contributed by atoms with van der Waals surface area (Å²) in [6.45, 7) is 1.92. The van der Waals surface area contributed by atoms with Crippen LogP contribution < -0.4 is 10.00 Å². The van der Waals surface area contributed by atoms with Gasteiger partial charge < -0.3 is 0 Å². The summed E-state index contributed by atoms with van der Waals surface area (Å²) in [5.74, 6) is 0.914. The van der Waals surface area contributed by atoms with Crippen LogP contribution in [0.4, 0.5) is 5.82 Å². The number of thiophene rings is 1. The molecule has 5 aromatic rings. The molecule has 0 saturated carbocycles. The van der Waals surface area contributed by atoms with Gasteiger partial charge in [0.2, 0.25) is 5.82 Å². The highest BCUT2D eigenvalue weighted by molar-refractivity contribution is 7.21. The Morgan fingerprint density at radius 2 is 1.96 bits per heavy atom. The number of fused-ring (bicyclic) bond motifs is 2. The van der Waals surface area contributed by atoms with Crippen LogP contribution in [0.5, 0.6) is 0 Å². The molecule has 1 amide bonds. The van der Waals surface area contributed by atoms with Crippen LogP contribution in [0, 0.1) is 6.92 Å². The first-order valence-corrected chi connectivity index (χ1v) is 9.85. The molecule has 0 aliphatic rings. The molecule has 0 bridgehead atoms. The van der Waals surface area contributed by atoms with Crippen LogP contribution in [0.3, 0.4) is 0 Å². The number of benzene rings is 2. The van der Waals surface area contributed by atoms with Crippen LogP contribution >= 0.6 is 22.9 Å². The van der Waals surface area contributed by atoms with E-state index >= 15 is 0 Å². The third kappa shape index (κ3) is 2.76. The van der Waals surface area contributed by atoms with E-state index in [1.807, 2.05) is 61.5 Å². The lowest BCUT2D eigenvalue weighted by molar-refractivity contribution is -0.648. The maximum atomic E-state index is 12.9. The van der Waals surface area contributed by atoms with Crippen molar-refractivity contribution in [3.05, 3.63) is 70.2 Å². The molecule has 28 heavy (non-hydrogen) atoms. The van der Waals surface area contributed by atoms with Crippen molar-refractivity contribution in [3.8, 4) is 5.95 Å². The molecule has 0 unspecified atom stereocenters. The van der Waals surface area contributed by atoms with Gasteiger partial charge in [0.05, 0.1) is 5.02 Å². The Balaban J connectivity index is 1.53. The van der Waals surface area contributed by atoms with E-state index < -0.39 is 0 Å². The SMILES string of the molecule is Cc1cc(NC(=O)c2sc3ccccc3c2Cl)[n+](-c2nc3ccccc3[nH]2)[nH]1. The minimum atomic E-state index is -0.255. The number of nitrogens with one attached hydrogen (secondary N) is 3. The number of carbonyl (C=O) groups is 1. The van der Waals surface area contributed by atoms with Crippen molar-refractivity contribution in [1.82, 2.24) is 15.1 Å². The van der Waals surface area contributed by atoms with E-state index in [0.29, 0.717) is 21.7 Å². The average molecular weight is 409 g/mol. The van der Waals surface area contributed by atoms with E-state index in [1.54, 1.807) is 4.68 Å². The van der Waals surface area contributed by atoms with Crippen molar-refractivity contribution < 1.29 is 9.48 Å². The van der Waals surface area contributed by atoms with E-state index in [-0.39, 0.29) is 5.91 Å². The molecule has 8 heteroatoms. The molecule has 3 heterocycles. The quantitative estimate of drug-likeness (QED) is 0.381. The van der Waals surface area contributed by atoms with Gasteiger partial charge in [-0.15, -0.1) is 21.0 Å². The van der Waals surface area contributed by atoms with Gasteiger partial charge in [0.25, 0.3) is 0 Å². The smallest absolute Gasteiger partial charge is 0.258 e. The Morgan fingerprint density at radius 1 is 1.18 bits per heavy atom. The van der Waals surface area contributed by atoms with Gasteiger partial charge in [-0.1, -0.05) is 41.9 Å². The second-order valence-electron chi connectivity index (χ2n) is 6.43. The summed E-state index contributed by atoms with van der Waals surface area (Å²) in [7, 11) is 0. The number of nitrogens with zero attached hydrogens (tertiary/aromatic N) is 2. The number of amides is 1. The highest BCUT2D eigenvalue weighted by Gasteiger charge is 2.23. The number of aromatic amines is 2. The zero-order chi connectivity index (χ0) is 19.3. The first-order chi connectivity index (χ1) is 13.6. The van der Waals surface area contributed by atoms with Crippen molar-refractivity contribution in [2.45, 2.75) is 6.92 Å². The Kier molecular flexibility index (Phi) is 3.92. The highest BCUT2D eigenvalue weighted by Crippen LogP contribution is 2.35. The molecule has 0 atom stereocenters. The molecule has 0 aliphatic heterocycles. The fourth-order valence-corrected chi connectivity index (χ4v) is 4.59. The lowest BCUT2D eigenvalue weighted by Crippen LogP contribution is -2.38. The molecule has 0 spiro atoms. The number of aromatic nitrogens is 4. The number of imidazole rings is 1. The second kappa shape index (κ2) is 6.47. The molecular weight excluding hydrogens is 394 g/mol. The van der Waals surface area contributed by atoms with E-state index in [0.717, 1.165) is 26.8 Å². The molecule has 3 N–H and O–H groups in total. The van der Waals surface area contributed by atoms with Crippen molar-refractivity contribution >= 4 is 55.8 Å². The number of hydrogen-bond donors (Lipinski definition) is 3. The first kappa shape index (κ1) is 17.0. The molecule has 2 aromatic carbocycles. The molecule has 3 aromatic heterocycles. The fourth-order valence-electron chi connectivity index (χ4n) is 3.18. The summed E-state index contributed by atoms with van der Waals surface area (Å²) < 4.78 is 2.70. The third-order valence-electron chi connectivity index (χ3n) is 4.45. The molecule has 0 aliphatic carbocycles. The number of rotatable bonds is 3. The summed E-state index contributed by atoms with van der Waals surface area (Å²) >= 11 is 7.83. The second-order valence-corrected chi connectivity index (χ2v) is 7.86. The van der Waals surface area contributed by atoms with Crippen molar-refractivity contribution in [2.24, 2.45) is 0 Å². The summed E-state index contributed by atoms with van der Waals surface area (Å²) in [5.41, 5.74) is 2.65. The van der Waals surface area contributed by atoms with Gasteiger partial charge in [-0.25, -0.2) is 0 Å². The van der Waals surface area contributed by atoms with Crippen LogP contribution in [0.1, 0.15) is 15.4 Å². The third-order valence-corrected chi connectivity index (χ3v) is 6.13. The average Bonchev–Trinajstić information content (AvgIpc) is 3.37. The zero-order valence-corrected chi connectivity index (χ0v) is 16.4. The lowest BCUT2D eigenvalue weighted by Gasteiger charge is -2.00. The summed E-state index contributed by atoms with van der Waals surface area (Å²) in [6, 6.07) is 17.3. The highest BCUT2D eigenvalue weighted by atomic mass is 35.5. The predicted octanol–water partition coefficient (Wildman–Crippen LogP) is 4.60. The molecule has 0 saturated heterocycles. The molecule has 6 nitrogen and oxygen atoms in total. The molecular formula is C20H15ClN5OS+. The number of para-hydroxylation sites is 2. The number of hydrogen-bond acceptors (Lipinski definition) is 3. The number of anilines is 1. The Bertz CT molecular complexity index is 1320. The fraction of sp³-hybridized carbons (Fsp3) is 0.0500. The van der Waals surface area contributed by atoms with Crippen molar-refractivity contribution in [3.63, 3.8) is 0 Å². The van der Waals surface area contributed by atoms with E-state index in [4.69, 9.17) is 11.6 Å². The summed E-state index contributed by atoms with van der Waals surface area (Å²) in [4.78, 5) is 21.3. The number of carbonyl (C=O) groups excluding carboxylic acids is 1. The number of H-pyrrole nitrogens is 2. The lowest BCUT2D eigenvalue weighted by atomic mass is 10.2. The molecule has 0 radical (unpaired) electrons. The van der Waals surface area contributed by atoms with Crippen LogP contribution in [-0.4, -0.2) is 21.0 Å². The van der Waals surface area contributed by atoms with Crippen molar-refractivity contribution in [2.75, 3.05) is 5.32 Å². The van der Waals surface area contributed by atoms with Gasteiger partial charge in [-0.3, -0.25) is 20.2 Å². The standard InChI is InChI=1S/C20H14ClN5OS/c1-11-10-16(26(25-11)20-22-13-7-3-4-8-14(13)23-20)24-19(27)18-17(21)12-6-2-5-9-15(12)28-18/h2-10H,1H3,(H2,22,23,24,25,27)/p+1. The van der Waals surface area contributed by atoms with E-state index in [2.05, 4.69) is 20.4 Å². The normalized spacial score (nSPS) is 11.4. The number of aryl methyl sites for hydroxylation is 1. The minimum Gasteiger partial charge on any atom is -0.258 e. The topological polar surface area (TPSA) is 77.5 Å². The van der Waals surface area contributed by atoms with Gasteiger partial charge >= 0.3 is 11.9 Å². The minimum absolute atomic E-state index is 0.255. The van der Waals surface area contributed by atoms with Gasteiger partial charge in [0.15, 0.2) is 5.52 Å². The number of halogens is 1. The maximum Gasteiger partial charge on any atom is 0.374 e. The van der Waals surface area contributed by atoms with E-state index in [1.165, 1.54) is 11.3 Å². The Labute approximate surface area is 168 Å². The molecule has 5 rings (SSSR count). The molecule has 0 fully saturated rings. The van der Waals surface area contributed by atoms with Gasteiger partial charge in [0.1, 0.15) is 10.4 Å². The molecule has 138 valence electrons.